The van der Waals surface area contributed by atoms with Crippen LogP contribution in [0.5, 0.6) is 0 Å². The molecule has 464 valence electrons. The van der Waals surface area contributed by atoms with E-state index >= 15 is 0 Å². The molecule has 10 heteroatoms. The van der Waals surface area contributed by atoms with Gasteiger partial charge in [-0.3, -0.25) is 14.2 Å². The molecule has 3 unspecified atom stereocenters. The van der Waals surface area contributed by atoms with Gasteiger partial charge >= 0.3 is 5.97 Å². The SMILES string of the molecule is CC/C=C/C/C=C/C/C=C/CCCCCCCCC(=O)NC(COP(=O)([O-])OCC[N+](C)(C)C)C(/C=C\CCCCCCCCCCC)OC(=O)CCCCCCCCCCCCCCCC/C=C\C/C=C\C/C=C\CCCCC. The average Bonchev–Trinajstić information content (AvgIpc) is 3.43. The Morgan fingerprint density at radius 2 is 0.800 bits per heavy atom. The first-order valence-corrected chi connectivity index (χ1v) is 34.9. The van der Waals surface area contributed by atoms with Crippen molar-refractivity contribution in [2.24, 2.45) is 0 Å². The minimum absolute atomic E-state index is 0.0276. The van der Waals surface area contributed by atoms with Crippen LogP contribution in [0, 0.1) is 0 Å². The summed E-state index contributed by atoms with van der Waals surface area (Å²) in [4.78, 5) is 40.0. The van der Waals surface area contributed by atoms with Crippen LogP contribution in [0.15, 0.2) is 85.1 Å². The molecule has 0 aliphatic rings. The van der Waals surface area contributed by atoms with Gasteiger partial charge in [0, 0.05) is 12.8 Å². The number of phosphoric ester groups is 1. The fourth-order valence-electron chi connectivity index (χ4n) is 9.43. The molecule has 0 rings (SSSR count). The predicted molar refractivity (Wildman–Crippen MR) is 344 cm³/mol. The highest BCUT2D eigenvalue weighted by Gasteiger charge is 2.27. The molecule has 80 heavy (non-hydrogen) atoms. The highest BCUT2D eigenvalue weighted by molar-refractivity contribution is 7.45. The van der Waals surface area contributed by atoms with Crippen LogP contribution in [0.3, 0.4) is 0 Å². The maximum atomic E-state index is 13.5. The molecular weight excluding hydrogens is 1010 g/mol. The first-order valence-electron chi connectivity index (χ1n) is 33.4. The largest absolute Gasteiger partial charge is 0.756 e. The molecule has 0 aromatic rings. The molecule has 0 aromatic carbocycles. The summed E-state index contributed by atoms with van der Waals surface area (Å²) in [5.41, 5.74) is 0. The molecule has 0 aliphatic carbocycles. The van der Waals surface area contributed by atoms with E-state index in [4.69, 9.17) is 13.8 Å². The molecule has 0 saturated heterocycles. The van der Waals surface area contributed by atoms with E-state index in [1.54, 1.807) is 0 Å². The van der Waals surface area contributed by atoms with Gasteiger partial charge in [0.05, 0.1) is 33.8 Å². The van der Waals surface area contributed by atoms with E-state index in [2.05, 4.69) is 99.0 Å². The monoisotopic (exact) mass is 1140 g/mol. The fraction of sp³-hybridized carbons (Fsp3) is 0.771. The average molecular weight is 1140 g/mol. The smallest absolute Gasteiger partial charge is 0.306 e. The molecular formula is C70H127N2O7P. The number of hydrogen-bond acceptors (Lipinski definition) is 7. The molecule has 0 radical (unpaired) electrons. The maximum Gasteiger partial charge on any atom is 0.306 e. The third-order valence-corrected chi connectivity index (χ3v) is 15.5. The van der Waals surface area contributed by atoms with Crippen LogP contribution in [-0.4, -0.2) is 69.4 Å². The zero-order valence-corrected chi connectivity index (χ0v) is 53.9. The lowest BCUT2D eigenvalue weighted by Gasteiger charge is -2.30. The molecule has 1 N–H and O–H groups in total. The number of unbranched alkanes of at least 4 members (excludes halogenated alkanes) is 32. The highest BCUT2D eigenvalue weighted by Crippen LogP contribution is 2.38. The van der Waals surface area contributed by atoms with E-state index in [1.807, 2.05) is 33.3 Å². The molecule has 0 fully saturated rings. The van der Waals surface area contributed by atoms with Gasteiger partial charge in [-0.2, -0.15) is 0 Å². The minimum Gasteiger partial charge on any atom is -0.756 e. The Balaban J connectivity index is 5.03. The Morgan fingerprint density at radius 1 is 0.450 bits per heavy atom. The lowest BCUT2D eigenvalue weighted by molar-refractivity contribution is -0.870. The number of rotatable bonds is 60. The summed E-state index contributed by atoms with van der Waals surface area (Å²) in [5.74, 6) is -0.554. The van der Waals surface area contributed by atoms with E-state index < -0.39 is 26.6 Å². The summed E-state index contributed by atoms with van der Waals surface area (Å²) >= 11 is 0. The number of hydrogen-bond donors (Lipinski definition) is 1. The number of allylic oxidation sites excluding steroid dienone is 13. The Morgan fingerprint density at radius 3 is 1.23 bits per heavy atom. The standard InChI is InChI=1S/C70H127N2O7P/c1-7-10-13-16-19-22-25-27-29-31-32-33-34-35-36-37-38-39-40-41-43-45-48-51-54-57-60-63-70(74)79-68(61-58-55-52-49-46-24-21-18-15-12-9-3)67(66-78-80(75,76)77-65-64-72(4,5)6)71-69(73)62-59-56-53-50-47-44-42-30-28-26-23-20-17-14-11-8-2/h11,14,19-20,22-23,27-30,32-33,58,61,67-68H,7-10,12-13,15-18,21,24-26,31,34-57,59-60,62-66H2,1-6H3,(H-,71,73,75,76)/b14-11+,22-19-,23-20+,29-27-,30-28+,33-32-,61-58-. The first-order chi connectivity index (χ1) is 38.9. The second kappa shape index (κ2) is 59.4. The number of carbonyl (C=O) groups excluding carboxylic acids is 2. The van der Waals surface area contributed by atoms with Crippen LogP contribution in [0.2, 0.25) is 0 Å². The zero-order valence-electron chi connectivity index (χ0n) is 53.0. The third-order valence-electron chi connectivity index (χ3n) is 14.6. The third kappa shape index (κ3) is 59.8. The van der Waals surface area contributed by atoms with Crippen molar-refractivity contribution in [1.82, 2.24) is 5.32 Å². The van der Waals surface area contributed by atoms with Gasteiger partial charge in [-0.1, -0.05) is 267 Å². The van der Waals surface area contributed by atoms with Crippen molar-refractivity contribution in [3.63, 3.8) is 0 Å². The molecule has 3 atom stereocenters. The predicted octanol–water partition coefficient (Wildman–Crippen LogP) is 20.3. The molecule has 0 heterocycles. The van der Waals surface area contributed by atoms with Crippen LogP contribution in [0.4, 0.5) is 0 Å². The van der Waals surface area contributed by atoms with Crippen molar-refractivity contribution in [2.45, 2.75) is 309 Å². The van der Waals surface area contributed by atoms with Gasteiger partial charge in [0.15, 0.2) is 0 Å². The number of carbonyl (C=O) groups is 2. The first kappa shape index (κ1) is 77.2. The van der Waals surface area contributed by atoms with Crippen LogP contribution in [0.25, 0.3) is 0 Å². The molecule has 0 aromatic heterocycles. The normalized spacial score (nSPS) is 14.1. The quantitative estimate of drug-likeness (QED) is 0.0212. The number of nitrogens with zero attached hydrogens (tertiary/aromatic N) is 1. The summed E-state index contributed by atoms with van der Waals surface area (Å²) in [6.07, 6.45) is 78.5. The van der Waals surface area contributed by atoms with Crippen LogP contribution in [-0.2, 0) is 27.9 Å². The molecule has 9 nitrogen and oxygen atoms in total. The Bertz CT molecular complexity index is 1640. The van der Waals surface area contributed by atoms with Crippen molar-refractivity contribution in [3.8, 4) is 0 Å². The Labute approximate surface area is 495 Å². The minimum atomic E-state index is -4.71. The van der Waals surface area contributed by atoms with Crippen LogP contribution in [0.1, 0.15) is 297 Å². The topological polar surface area (TPSA) is 114 Å². The Kier molecular flexibility index (Phi) is 57.3. The van der Waals surface area contributed by atoms with E-state index in [0.717, 1.165) is 116 Å². The van der Waals surface area contributed by atoms with Crippen molar-refractivity contribution in [3.05, 3.63) is 85.1 Å². The highest BCUT2D eigenvalue weighted by atomic mass is 31.2. The van der Waals surface area contributed by atoms with Gasteiger partial charge in [0.25, 0.3) is 7.82 Å². The van der Waals surface area contributed by atoms with Crippen molar-refractivity contribution >= 4 is 19.7 Å². The summed E-state index contributed by atoms with van der Waals surface area (Å²) in [6.45, 7) is 6.70. The lowest BCUT2D eigenvalue weighted by atomic mass is 10.0. The van der Waals surface area contributed by atoms with Gasteiger partial charge in [0.1, 0.15) is 19.3 Å². The summed E-state index contributed by atoms with van der Waals surface area (Å²) in [7, 11) is 1.17. The van der Waals surface area contributed by atoms with Crippen molar-refractivity contribution in [1.29, 1.82) is 0 Å². The van der Waals surface area contributed by atoms with Crippen LogP contribution >= 0.6 is 7.82 Å². The molecule has 0 aliphatic heterocycles. The van der Waals surface area contributed by atoms with Gasteiger partial charge in [-0.05, 0) is 102 Å². The number of likely N-dealkylation sites (N-methyl/N-ethyl adjacent to an activating group) is 1. The lowest BCUT2D eigenvalue weighted by Crippen LogP contribution is -2.47. The van der Waals surface area contributed by atoms with E-state index in [-0.39, 0.29) is 24.9 Å². The Hall–Kier alpha value is -2.81. The molecule has 0 spiro atoms. The fourth-order valence-corrected chi connectivity index (χ4v) is 10.1. The summed E-state index contributed by atoms with van der Waals surface area (Å²) in [5, 5.41) is 3.02. The van der Waals surface area contributed by atoms with Crippen molar-refractivity contribution in [2.75, 3.05) is 40.9 Å². The second-order valence-corrected chi connectivity index (χ2v) is 25.0. The second-order valence-electron chi connectivity index (χ2n) is 23.6. The molecule has 0 saturated carbocycles. The van der Waals surface area contributed by atoms with Gasteiger partial charge in [-0.15, -0.1) is 0 Å². The van der Waals surface area contributed by atoms with E-state index in [1.165, 1.54) is 148 Å². The summed E-state index contributed by atoms with van der Waals surface area (Å²) in [6, 6.07) is -0.898. The van der Waals surface area contributed by atoms with Gasteiger partial charge in [-0.25, -0.2) is 0 Å². The number of quaternary nitrogens is 1. The number of phosphoric acid groups is 1. The number of amides is 1. The van der Waals surface area contributed by atoms with Crippen LogP contribution < -0.4 is 10.2 Å². The summed E-state index contributed by atoms with van der Waals surface area (Å²) < 4.78 is 30.3. The number of esters is 1. The number of ether oxygens (including phenoxy) is 1. The van der Waals surface area contributed by atoms with Crippen molar-refractivity contribution < 1.29 is 37.3 Å². The molecule has 0 bridgehead atoms. The van der Waals surface area contributed by atoms with E-state index in [0.29, 0.717) is 17.4 Å². The zero-order chi connectivity index (χ0) is 58.6. The molecule has 1 amide bonds. The van der Waals surface area contributed by atoms with Gasteiger partial charge < -0.3 is 28.5 Å². The van der Waals surface area contributed by atoms with E-state index in [9.17, 15) is 19.0 Å². The number of nitrogens with one attached hydrogen (secondary N) is 1. The maximum absolute atomic E-state index is 13.5. The van der Waals surface area contributed by atoms with Gasteiger partial charge in [0.2, 0.25) is 5.91 Å².